The number of hydrogen-bond acceptors (Lipinski definition) is 4. The maximum Gasteiger partial charge on any atom is 0.237 e. The Morgan fingerprint density at radius 3 is 2.89 bits per heavy atom. The molecule has 2 N–H and O–H groups in total. The first kappa shape index (κ1) is 20.0. The Balaban J connectivity index is 1.55. The van der Waals surface area contributed by atoms with Crippen LogP contribution in [0, 0.1) is 19.7 Å². The molecule has 2 heterocycles. The molecular weight excluding hydrogens is 361 g/mol. The molecule has 1 fully saturated rings. The van der Waals surface area contributed by atoms with E-state index in [1.165, 1.54) is 12.1 Å². The van der Waals surface area contributed by atoms with Gasteiger partial charge in [0.25, 0.3) is 0 Å². The molecule has 1 aromatic carbocycles. The van der Waals surface area contributed by atoms with Crippen LogP contribution in [-0.2, 0) is 22.7 Å². The first-order valence-corrected chi connectivity index (χ1v) is 9.46. The Bertz CT molecular complexity index is 851. The average Bonchev–Trinajstić information content (AvgIpc) is 2.95. The van der Waals surface area contributed by atoms with Gasteiger partial charge in [-0.15, -0.1) is 0 Å². The number of halogens is 1. The Morgan fingerprint density at radius 2 is 2.18 bits per heavy atom. The van der Waals surface area contributed by atoms with Crippen molar-refractivity contribution < 1.29 is 14.0 Å². The van der Waals surface area contributed by atoms with Gasteiger partial charge in [-0.1, -0.05) is 12.1 Å². The lowest BCUT2D eigenvalue weighted by Gasteiger charge is -2.34. The van der Waals surface area contributed by atoms with Gasteiger partial charge in [0, 0.05) is 31.9 Å². The number of benzene rings is 1. The fraction of sp³-hybridized carbons (Fsp3) is 0.450. The van der Waals surface area contributed by atoms with E-state index in [1.807, 2.05) is 35.6 Å². The number of nitrogens with zero attached hydrogens (tertiary/aromatic N) is 3. The number of carbonyl (C=O) groups is 2. The maximum absolute atomic E-state index is 13.4. The Morgan fingerprint density at radius 1 is 1.36 bits per heavy atom. The number of rotatable bonds is 7. The highest BCUT2D eigenvalue weighted by molar-refractivity contribution is 5.88. The third-order valence-corrected chi connectivity index (χ3v) is 4.84. The van der Waals surface area contributed by atoms with Crippen molar-refractivity contribution in [1.29, 1.82) is 0 Å². The SMILES string of the molecule is Cc1cc(C)n(CCNC(=O)C[C@@H]2C(=O)NCCN2Cc2cccc(F)c2)n1. The standard InChI is InChI=1S/C20H26FN5O2/c1-14-10-15(2)26(24-14)9-7-22-19(27)12-18-20(28)23-6-8-25(18)13-16-4-3-5-17(21)11-16/h3-5,10-11,18H,6-9,12-13H2,1-2H3,(H,22,27)(H,23,28)/t18-/m1/s1. The summed E-state index contributed by atoms with van der Waals surface area (Å²) in [7, 11) is 0. The number of piperazine rings is 1. The van der Waals surface area contributed by atoms with Crippen LogP contribution in [0.1, 0.15) is 23.4 Å². The second kappa shape index (κ2) is 8.97. The summed E-state index contributed by atoms with van der Waals surface area (Å²) in [6, 6.07) is 7.73. The van der Waals surface area contributed by atoms with Gasteiger partial charge in [0.2, 0.25) is 11.8 Å². The molecule has 1 saturated heterocycles. The van der Waals surface area contributed by atoms with E-state index in [1.54, 1.807) is 6.07 Å². The molecule has 2 aromatic rings. The Labute approximate surface area is 163 Å². The lowest BCUT2D eigenvalue weighted by Crippen LogP contribution is -2.56. The molecule has 150 valence electrons. The Kier molecular flexibility index (Phi) is 6.41. The van der Waals surface area contributed by atoms with Gasteiger partial charge in [-0.2, -0.15) is 5.10 Å². The molecule has 1 aromatic heterocycles. The molecular formula is C20H26FN5O2. The fourth-order valence-electron chi connectivity index (χ4n) is 3.49. The second-order valence-electron chi connectivity index (χ2n) is 7.11. The van der Waals surface area contributed by atoms with Crippen molar-refractivity contribution in [1.82, 2.24) is 25.3 Å². The van der Waals surface area contributed by atoms with Crippen molar-refractivity contribution in [2.24, 2.45) is 0 Å². The molecule has 1 aliphatic heterocycles. The molecule has 7 nitrogen and oxygen atoms in total. The highest BCUT2D eigenvalue weighted by atomic mass is 19.1. The molecule has 1 aliphatic rings. The quantitative estimate of drug-likeness (QED) is 0.747. The predicted molar refractivity (Wildman–Crippen MR) is 103 cm³/mol. The van der Waals surface area contributed by atoms with Crippen LogP contribution in [0.3, 0.4) is 0 Å². The summed E-state index contributed by atoms with van der Waals surface area (Å²) >= 11 is 0. The minimum Gasteiger partial charge on any atom is -0.354 e. The number of hydrogen-bond donors (Lipinski definition) is 2. The summed E-state index contributed by atoms with van der Waals surface area (Å²) in [4.78, 5) is 26.6. The van der Waals surface area contributed by atoms with Crippen LogP contribution in [0.25, 0.3) is 0 Å². The summed E-state index contributed by atoms with van der Waals surface area (Å²) in [5.74, 6) is -0.665. The number of amides is 2. The maximum atomic E-state index is 13.4. The van der Waals surface area contributed by atoms with E-state index in [0.717, 1.165) is 17.0 Å². The topological polar surface area (TPSA) is 79.3 Å². The monoisotopic (exact) mass is 387 g/mol. The van der Waals surface area contributed by atoms with Gasteiger partial charge in [0.1, 0.15) is 5.82 Å². The highest BCUT2D eigenvalue weighted by Crippen LogP contribution is 2.14. The van der Waals surface area contributed by atoms with Crippen molar-refractivity contribution in [2.75, 3.05) is 19.6 Å². The zero-order valence-corrected chi connectivity index (χ0v) is 16.2. The molecule has 28 heavy (non-hydrogen) atoms. The van der Waals surface area contributed by atoms with Gasteiger partial charge in [0.15, 0.2) is 0 Å². The first-order chi connectivity index (χ1) is 13.4. The van der Waals surface area contributed by atoms with Gasteiger partial charge in [-0.3, -0.25) is 19.2 Å². The molecule has 0 radical (unpaired) electrons. The fourth-order valence-corrected chi connectivity index (χ4v) is 3.49. The van der Waals surface area contributed by atoms with Crippen LogP contribution in [0.5, 0.6) is 0 Å². The van der Waals surface area contributed by atoms with Gasteiger partial charge < -0.3 is 10.6 Å². The largest absolute Gasteiger partial charge is 0.354 e. The van der Waals surface area contributed by atoms with E-state index < -0.39 is 6.04 Å². The minimum absolute atomic E-state index is 0.0677. The summed E-state index contributed by atoms with van der Waals surface area (Å²) < 4.78 is 15.3. The lowest BCUT2D eigenvalue weighted by molar-refractivity contribution is -0.134. The van der Waals surface area contributed by atoms with Gasteiger partial charge in [-0.25, -0.2) is 4.39 Å². The number of carbonyl (C=O) groups excluding carboxylic acids is 2. The summed E-state index contributed by atoms with van der Waals surface area (Å²) in [5, 5.41) is 10.0. The van der Waals surface area contributed by atoms with Crippen LogP contribution < -0.4 is 10.6 Å². The second-order valence-corrected chi connectivity index (χ2v) is 7.11. The summed E-state index contributed by atoms with van der Waals surface area (Å²) in [5.41, 5.74) is 2.76. The van der Waals surface area contributed by atoms with Crippen molar-refractivity contribution in [2.45, 2.75) is 39.4 Å². The van der Waals surface area contributed by atoms with Crippen molar-refractivity contribution in [3.63, 3.8) is 0 Å². The van der Waals surface area contributed by atoms with Crippen LogP contribution in [0.2, 0.25) is 0 Å². The molecule has 3 rings (SSSR count). The minimum atomic E-state index is -0.564. The Hall–Kier alpha value is -2.74. The predicted octanol–water partition coefficient (Wildman–Crippen LogP) is 1.15. The van der Waals surface area contributed by atoms with Crippen molar-refractivity contribution in [3.8, 4) is 0 Å². The number of nitrogens with one attached hydrogen (secondary N) is 2. The lowest BCUT2D eigenvalue weighted by atomic mass is 10.1. The van der Waals surface area contributed by atoms with E-state index in [9.17, 15) is 14.0 Å². The molecule has 0 aliphatic carbocycles. The van der Waals surface area contributed by atoms with Crippen LogP contribution in [0.15, 0.2) is 30.3 Å². The zero-order chi connectivity index (χ0) is 20.1. The van der Waals surface area contributed by atoms with Crippen molar-refractivity contribution >= 4 is 11.8 Å². The molecule has 2 amide bonds. The molecule has 0 spiro atoms. The van der Waals surface area contributed by atoms with Gasteiger partial charge >= 0.3 is 0 Å². The van der Waals surface area contributed by atoms with E-state index >= 15 is 0 Å². The zero-order valence-electron chi connectivity index (χ0n) is 16.2. The molecule has 8 heteroatoms. The highest BCUT2D eigenvalue weighted by Gasteiger charge is 2.31. The summed E-state index contributed by atoms with van der Waals surface area (Å²) in [6.07, 6.45) is 0.0677. The van der Waals surface area contributed by atoms with Crippen LogP contribution >= 0.6 is 0 Å². The van der Waals surface area contributed by atoms with Gasteiger partial charge in [-0.05, 0) is 37.6 Å². The van der Waals surface area contributed by atoms with E-state index in [4.69, 9.17) is 0 Å². The number of aryl methyl sites for hydroxylation is 2. The van der Waals surface area contributed by atoms with E-state index in [-0.39, 0.29) is 24.1 Å². The first-order valence-electron chi connectivity index (χ1n) is 9.46. The van der Waals surface area contributed by atoms with Crippen molar-refractivity contribution in [3.05, 3.63) is 53.1 Å². The average molecular weight is 387 g/mol. The normalized spacial score (nSPS) is 17.4. The molecule has 0 saturated carbocycles. The smallest absolute Gasteiger partial charge is 0.237 e. The van der Waals surface area contributed by atoms with Crippen LogP contribution in [-0.4, -0.2) is 52.2 Å². The third-order valence-electron chi connectivity index (χ3n) is 4.84. The number of aromatic nitrogens is 2. The molecule has 1 atom stereocenters. The summed E-state index contributed by atoms with van der Waals surface area (Å²) in [6.45, 7) is 6.48. The van der Waals surface area contributed by atoms with Gasteiger partial charge in [0.05, 0.1) is 24.7 Å². The van der Waals surface area contributed by atoms with E-state index in [2.05, 4.69) is 15.7 Å². The van der Waals surface area contributed by atoms with E-state index in [0.29, 0.717) is 32.7 Å². The molecule has 0 bridgehead atoms. The molecule has 0 unspecified atom stereocenters. The third kappa shape index (κ3) is 5.16. The van der Waals surface area contributed by atoms with Crippen LogP contribution in [0.4, 0.5) is 4.39 Å².